The van der Waals surface area contributed by atoms with Crippen molar-refractivity contribution in [3.8, 4) is 0 Å². The van der Waals surface area contributed by atoms with Gasteiger partial charge in [0.25, 0.3) is 0 Å². The van der Waals surface area contributed by atoms with E-state index in [0.29, 0.717) is 0 Å². The first-order chi connectivity index (χ1) is 5.75. The van der Waals surface area contributed by atoms with Crippen LogP contribution in [0.5, 0.6) is 0 Å². The Kier molecular flexibility index (Phi) is 5.72. The lowest BCUT2D eigenvalue weighted by molar-refractivity contribution is -0.145. The molecule has 72 valence electrons. The number of esters is 1. The van der Waals surface area contributed by atoms with E-state index in [4.69, 9.17) is 0 Å². The normalized spacial score (nSPS) is 22.8. The van der Waals surface area contributed by atoms with E-state index in [2.05, 4.69) is 4.74 Å². The number of rotatable bonds is 1. The van der Waals surface area contributed by atoms with E-state index in [0.717, 1.165) is 19.4 Å². The van der Waals surface area contributed by atoms with Crippen molar-refractivity contribution in [3.63, 3.8) is 0 Å². The van der Waals surface area contributed by atoms with Gasteiger partial charge in [-0.3, -0.25) is 9.69 Å². The lowest BCUT2D eigenvalue weighted by Gasteiger charge is -2.15. The lowest BCUT2D eigenvalue weighted by Crippen LogP contribution is -2.33. The summed E-state index contributed by atoms with van der Waals surface area (Å²) < 4.78 is 4.62. The van der Waals surface area contributed by atoms with Crippen molar-refractivity contribution >= 4 is 5.97 Å². The van der Waals surface area contributed by atoms with Gasteiger partial charge in [-0.05, 0) is 26.4 Å². The van der Waals surface area contributed by atoms with E-state index in [9.17, 15) is 4.79 Å². The molecule has 0 bridgehead atoms. The van der Waals surface area contributed by atoms with Gasteiger partial charge < -0.3 is 4.74 Å². The first-order valence-electron chi connectivity index (χ1n) is 4.54. The largest absolute Gasteiger partial charge is 0.468 e. The lowest BCUT2D eigenvalue weighted by atomic mass is 10.2. The van der Waals surface area contributed by atoms with Gasteiger partial charge in [0.15, 0.2) is 0 Å². The zero-order valence-electron chi connectivity index (χ0n) is 8.46. The molecule has 1 aliphatic rings. The van der Waals surface area contributed by atoms with E-state index < -0.39 is 0 Å². The van der Waals surface area contributed by atoms with Gasteiger partial charge in [0, 0.05) is 0 Å². The van der Waals surface area contributed by atoms with Crippen molar-refractivity contribution in [1.82, 2.24) is 4.90 Å². The highest BCUT2D eigenvalue weighted by Crippen LogP contribution is 2.15. The zero-order valence-corrected chi connectivity index (χ0v) is 8.46. The Morgan fingerprint density at radius 2 is 2.08 bits per heavy atom. The molecule has 0 radical (unpaired) electrons. The SMILES string of the molecule is CC.COC(=O)[C@H]1CCCN1C. The minimum absolute atomic E-state index is 0.0185. The second kappa shape index (κ2) is 6.00. The van der Waals surface area contributed by atoms with Crippen LogP contribution in [0.4, 0.5) is 0 Å². The predicted molar refractivity (Wildman–Crippen MR) is 49.0 cm³/mol. The van der Waals surface area contributed by atoms with E-state index in [-0.39, 0.29) is 12.0 Å². The van der Waals surface area contributed by atoms with Crippen LogP contribution < -0.4 is 0 Å². The number of likely N-dealkylation sites (tertiary alicyclic amines) is 1. The molecular weight excluding hydrogens is 154 g/mol. The van der Waals surface area contributed by atoms with Gasteiger partial charge in [-0.2, -0.15) is 0 Å². The third kappa shape index (κ3) is 2.81. The molecule has 0 amide bonds. The van der Waals surface area contributed by atoms with Gasteiger partial charge in [-0.25, -0.2) is 0 Å². The number of hydrogen-bond donors (Lipinski definition) is 0. The Bertz CT molecular complexity index is 136. The van der Waals surface area contributed by atoms with E-state index in [1.165, 1.54) is 7.11 Å². The maximum atomic E-state index is 11.0. The van der Waals surface area contributed by atoms with Crippen LogP contribution in [-0.2, 0) is 9.53 Å². The van der Waals surface area contributed by atoms with Crippen LogP contribution in [0, 0.1) is 0 Å². The number of ether oxygens (including phenoxy) is 1. The van der Waals surface area contributed by atoms with Crippen molar-refractivity contribution < 1.29 is 9.53 Å². The zero-order chi connectivity index (χ0) is 9.56. The first kappa shape index (κ1) is 11.4. The summed E-state index contributed by atoms with van der Waals surface area (Å²) in [5.74, 6) is -0.0972. The van der Waals surface area contributed by atoms with Gasteiger partial charge in [0.05, 0.1) is 7.11 Å². The summed E-state index contributed by atoms with van der Waals surface area (Å²) in [6.45, 7) is 5.01. The van der Waals surface area contributed by atoms with Crippen molar-refractivity contribution in [1.29, 1.82) is 0 Å². The molecule has 0 aromatic rings. The van der Waals surface area contributed by atoms with Crippen LogP contribution >= 0.6 is 0 Å². The van der Waals surface area contributed by atoms with Gasteiger partial charge >= 0.3 is 5.97 Å². The van der Waals surface area contributed by atoms with E-state index in [1.807, 2.05) is 25.8 Å². The smallest absolute Gasteiger partial charge is 0.323 e. The molecule has 1 fully saturated rings. The molecule has 1 rings (SSSR count). The topological polar surface area (TPSA) is 29.5 Å². The molecule has 0 saturated carbocycles. The summed E-state index contributed by atoms with van der Waals surface area (Å²) in [5, 5.41) is 0. The number of carbonyl (C=O) groups excluding carboxylic acids is 1. The highest BCUT2D eigenvalue weighted by molar-refractivity contribution is 5.75. The molecular formula is C9H19NO2. The molecule has 3 heteroatoms. The Balaban J connectivity index is 0.000000561. The Morgan fingerprint density at radius 1 is 1.50 bits per heavy atom. The fraction of sp³-hybridized carbons (Fsp3) is 0.889. The molecule has 1 atom stereocenters. The standard InChI is InChI=1S/C7H13NO2.C2H6/c1-8-5-3-4-6(8)7(9)10-2;1-2/h6H,3-5H2,1-2H3;1-2H3/t6-;/m1./s1. The van der Waals surface area contributed by atoms with Crippen LogP contribution in [0.1, 0.15) is 26.7 Å². The monoisotopic (exact) mass is 173 g/mol. The highest BCUT2D eigenvalue weighted by atomic mass is 16.5. The van der Waals surface area contributed by atoms with Crippen LogP contribution in [0.3, 0.4) is 0 Å². The maximum Gasteiger partial charge on any atom is 0.323 e. The summed E-state index contributed by atoms with van der Waals surface area (Å²) in [6.07, 6.45) is 2.06. The fourth-order valence-corrected chi connectivity index (χ4v) is 1.34. The molecule has 1 saturated heterocycles. The van der Waals surface area contributed by atoms with Gasteiger partial charge in [-0.15, -0.1) is 0 Å². The van der Waals surface area contributed by atoms with Gasteiger partial charge in [-0.1, -0.05) is 13.8 Å². The minimum atomic E-state index is -0.0972. The molecule has 0 aliphatic carbocycles. The van der Waals surface area contributed by atoms with Gasteiger partial charge in [0.1, 0.15) is 6.04 Å². The molecule has 12 heavy (non-hydrogen) atoms. The summed E-state index contributed by atoms with van der Waals surface area (Å²) in [4.78, 5) is 13.0. The molecule has 3 nitrogen and oxygen atoms in total. The average Bonchev–Trinajstić information content (AvgIpc) is 2.54. The first-order valence-corrected chi connectivity index (χ1v) is 4.54. The molecule has 0 N–H and O–H groups in total. The number of carbonyl (C=O) groups is 1. The second-order valence-corrected chi connectivity index (χ2v) is 2.66. The number of nitrogens with zero attached hydrogens (tertiary/aromatic N) is 1. The van der Waals surface area contributed by atoms with Gasteiger partial charge in [0.2, 0.25) is 0 Å². The summed E-state index contributed by atoms with van der Waals surface area (Å²) in [7, 11) is 3.39. The predicted octanol–water partition coefficient (Wildman–Crippen LogP) is 1.28. The van der Waals surface area contributed by atoms with E-state index in [1.54, 1.807) is 0 Å². The minimum Gasteiger partial charge on any atom is -0.468 e. The Labute approximate surface area is 74.7 Å². The Hall–Kier alpha value is -0.570. The highest BCUT2D eigenvalue weighted by Gasteiger charge is 2.27. The van der Waals surface area contributed by atoms with Crippen molar-refractivity contribution in [2.24, 2.45) is 0 Å². The molecule has 1 aliphatic heterocycles. The van der Waals surface area contributed by atoms with Crippen LogP contribution in [-0.4, -0.2) is 37.6 Å². The molecule has 0 unspecified atom stereocenters. The van der Waals surface area contributed by atoms with Crippen LogP contribution in [0.15, 0.2) is 0 Å². The fourth-order valence-electron chi connectivity index (χ4n) is 1.34. The number of methoxy groups -OCH3 is 1. The third-order valence-corrected chi connectivity index (χ3v) is 1.99. The molecule has 0 aromatic heterocycles. The van der Waals surface area contributed by atoms with Crippen molar-refractivity contribution in [3.05, 3.63) is 0 Å². The van der Waals surface area contributed by atoms with E-state index >= 15 is 0 Å². The second-order valence-electron chi connectivity index (χ2n) is 2.66. The summed E-state index contributed by atoms with van der Waals surface area (Å²) >= 11 is 0. The molecule has 0 aromatic carbocycles. The molecule has 0 spiro atoms. The Morgan fingerprint density at radius 3 is 2.42 bits per heavy atom. The maximum absolute atomic E-state index is 11.0. The number of hydrogen-bond acceptors (Lipinski definition) is 3. The average molecular weight is 173 g/mol. The molecule has 1 heterocycles. The summed E-state index contributed by atoms with van der Waals surface area (Å²) in [5.41, 5.74) is 0. The third-order valence-electron chi connectivity index (χ3n) is 1.99. The van der Waals surface area contributed by atoms with Crippen molar-refractivity contribution in [2.75, 3.05) is 20.7 Å². The number of likely N-dealkylation sites (N-methyl/N-ethyl adjacent to an activating group) is 1. The summed E-state index contributed by atoms with van der Waals surface area (Å²) in [6, 6.07) is 0.0185. The van der Waals surface area contributed by atoms with Crippen LogP contribution in [0.2, 0.25) is 0 Å². The quantitative estimate of drug-likeness (QED) is 0.559. The van der Waals surface area contributed by atoms with Crippen molar-refractivity contribution in [2.45, 2.75) is 32.7 Å². The van der Waals surface area contributed by atoms with Crippen LogP contribution in [0.25, 0.3) is 0 Å².